The fraction of sp³-hybridized carbons (Fsp3) is 0.300. The number of nitrogens with zero attached hydrogens (tertiary/aromatic N) is 1. The molecular weight excluding hydrogens is 248 g/mol. The summed E-state index contributed by atoms with van der Waals surface area (Å²) in [6.45, 7) is 1.81. The predicted octanol–water partition coefficient (Wildman–Crippen LogP) is 2.69. The van der Waals surface area contributed by atoms with Crippen LogP contribution < -0.4 is 5.32 Å². The number of nitro groups is 1. The van der Waals surface area contributed by atoms with Crippen molar-refractivity contribution in [2.45, 2.75) is 6.92 Å². The fourth-order valence-corrected chi connectivity index (χ4v) is 1.21. The van der Waals surface area contributed by atoms with E-state index in [2.05, 4.69) is 5.32 Å². The van der Waals surface area contributed by atoms with Crippen molar-refractivity contribution < 1.29 is 14.5 Å². The minimum atomic E-state index is -0.686. The highest BCUT2D eigenvalue weighted by molar-refractivity contribution is 6.18. The molecule has 92 valence electrons. The average molecular weight is 259 g/mol. The normalized spacial score (nSPS) is 9.76. The molecule has 0 aliphatic heterocycles. The van der Waals surface area contributed by atoms with Crippen LogP contribution in [0.3, 0.4) is 0 Å². The summed E-state index contributed by atoms with van der Waals surface area (Å²) in [6, 6.07) is 4.19. The van der Waals surface area contributed by atoms with Gasteiger partial charge >= 0.3 is 6.09 Å². The number of ether oxygens (including phenoxy) is 1. The van der Waals surface area contributed by atoms with E-state index in [1.807, 2.05) is 0 Å². The van der Waals surface area contributed by atoms with Gasteiger partial charge in [0.25, 0.3) is 5.69 Å². The Morgan fingerprint density at radius 1 is 1.59 bits per heavy atom. The molecule has 0 radical (unpaired) electrons. The van der Waals surface area contributed by atoms with E-state index >= 15 is 0 Å². The lowest BCUT2D eigenvalue weighted by Crippen LogP contribution is -2.15. The van der Waals surface area contributed by atoms with Crippen LogP contribution in [0, 0.1) is 17.0 Å². The quantitative estimate of drug-likeness (QED) is 0.511. The molecule has 0 aromatic heterocycles. The van der Waals surface area contributed by atoms with Gasteiger partial charge in [0.1, 0.15) is 6.61 Å². The second kappa shape index (κ2) is 6.05. The summed E-state index contributed by atoms with van der Waals surface area (Å²) in [5.41, 5.74) is 0.959. The molecule has 0 aliphatic carbocycles. The van der Waals surface area contributed by atoms with Gasteiger partial charge in [0.15, 0.2) is 0 Å². The van der Waals surface area contributed by atoms with Crippen molar-refractivity contribution >= 4 is 29.1 Å². The Bertz CT molecular complexity index is 436. The smallest absolute Gasteiger partial charge is 0.411 e. The number of anilines is 1. The lowest BCUT2D eigenvalue weighted by Gasteiger charge is -2.08. The number of nitro benzene ring substituents is 1. The van der Waals surface area contributed by atoms with E-state index in [-0.39, 0.29) is 18.2 Å². The summed E-state index contributed by atoms with van der Waals surface area (Å²) in [5.74, 6) is 0.196. The van der Waals surface area contributed by atoms with E-state index in [1.165, 1.54) is 12.1 Å². The molecule has 1 N–H and O–H groups in total. The third-order valence-corrected chi connectivity index (χ3v) is 2.13. The van der Waals surface area contributed by atoms with E-state index in [9.17, 15) is 14.9 Å². The topological polar surface area (TPSA) is 81.5 Å². The molecule has 0 aliphatic rings. The van der Waals surface area contributed by atoms with Crippen LogP contribution in [0.15, 0.2) is 18.2 Å². The molecule has 0 atom stereocenters. The van der Waals surface area contributed by atoms with Crippen molar-refractivity contribution in [2.75, 3.05) is 17.8 Å². The Morgan fingerprint density at radius 3 is 2.88 bits per heavy atom. The number of alkyl halides is 1. The van der Waals surface area contributed by atoms with Gasteiger partial charge in [-0.1, -0.05) is 6.07 Å². The molecule has 7 heteroatoms. The number of hydrogen-bond donors (Lipinski definition) is 1. The first-order chi connectivity index (χ1) is 8.04. The van der Waals surface area contributed by atoms with Gasteiger partial charge in [-0.15, -0.1) is 11.6 Å². The average Bonchev–Trinajstić information content (AvgIpc) is 2.29. The molecule has 0 saturated heterocycles. The third kappa shape index (κ3) is 3.92. The molecule has 1 aromatic carbocycles. The van der Waals surface area contributed by atoms with Gasteiger partial charge in [-0.25, -0.2) is 4.79 Å². The standard InChI is InChI=1S/C10H11ClN2O4/c1-7-2-3-8(13(15)16)6-9(7)12-10(14)17-5-4-11/h2-3,6H,4-5H2,1H3,(H,12,14). The molecule has 0 fully saturated rings. The third-order valence-electron chi connectivity index (χ3n) is 1.98. The highest BCUT2D eigenvalue weighted by Crippen LogP contribution is 2.21. The number of non-ortho nitro benzene ring substituents is 1. The first kappa shape index (κ1) is 13.2. The predicted molar refractivity (Wildman–Crippen MR) is 63.5 cm³/mol. The maximum atomic E-state index is 11.2. The number of nitrogens with one attached hydrogen (secondary N) is 1. The van der Waals surface area contributed by atoms with Crippen molar-refractivity contribution in [1.29, 1.82) is 0 Å². The number of carbonyl (C=O) groups is 1. The van der Waals surface area contributed by atoms with E-state index in [0.717, 1.165) is 0 Å². The number of benzene rings is 1. The highest BCUT2D eigenvalue weighted by atomic mass is 35.5. The zero-order valence-electron chi connectivity index (χ0n) is 9.10. The molecule has 17 heavy (non-hydrogen) atoms. The molecule has 6 nitrogen and oxygen atoms in total. The van der Waals surface area contributed by atoms with Gasteiger partial charge in [-0.3, -0.25) is 15.4 Å². The molecule has 0 saturated carbocycles. The fourth-order valence-electron chi connectivity index (χ4n) is 1.14. The van der Waals surface area contributed by atoms with Gasteiger partial charge in [-0.05, 0) is 12.5 Å². The molecule has 0 spiro atoms. The van der Waals surface area contributed by atoms with Crippen molar-refractivity contribution in [3.8, 4) is 0 Å². The molecule has 0 heterocycles. The Kier molecular flexibility index (Phi) is 4.71. The number of carbonyl (C=O) groups excluding carboxylic acids is 1. The lowest BCUT2D eigenvalue weighted by atomic mass is 10.2. The maximum absolute atomic E-state index is 11.2. The van der Waals surface area contributed by atoms with E-state index < -0.39 is 11.0 Å². The van der Waals surface area contributed by atoms with Crippen molar-refractivity contribution in [3.63, 3.8) is 0 Å². The summed E-state index contributed by atoms with van der Waals surface area (Å²) < 4.78 is 4.70. The second-order valence-electron chi connectivity index (χ2n) is 3.21. The minimum absolute atomic E-state index is 0.0847. The Balaban J connectivity index is 2.79. The summed E-state index contributed by atoms with van der Waals surface area (Å²) >= 11 is 5.35. The van der Waals surface area contributed by atoms with Crippen LogP contribution >= 0.6 is 11.6 Å². The molecule has 1 amide bonds. The van der Waals surface area contributed by atoms with Gasteiger partial charge in [-0.2, -0.15) is 0 Å². The van der Waals surface area contributed by atoms with Gasteiger partial charge in [0.2, 0.25) is 0 Å². The van der Waals surface area contributed by atoms with E-state index in [1.54, 1.807) is 13.0 Å². The molecule has 1 aromatic rings. The van der Waals surface area contributed by atoms with Crippen LogP contribution in [0.4, 0.5) is 16.2 Å². The summed E-state index contributed by atoms with van der Waals surface area (Å²) in [4.78, 5) is 21.3. The first-order valence-corrected chi connectivity index (χ1v) is 5.33. The van der Waals surface area contributed by atoms with Crippen LogP contribution in [0.1, 0.15) is 5.56 Å². The van der Waals surface area contributed by atoms with Crippen molar-refractivity contribution in [3.05, 3.63) is 33.9 Å². The number of aryl methyl sites for hydroxylation is 1. The Morgan fingerprint density at radius 2 is 2.29 bits per heavy atom. The van der Waals surface area contributed by atoms with Crippen LogP contribution in [0.25, 0.3) is 0 Å². The van der Waals surface area contributed by atoms with Crippen LogP contribution in [0.5, 0.6) is 0 Å². The highest BCUT2D eigenvalue weighted by Gasteiger charge is 2.11. The van der Waals surface area contributed by atoms with Gasteiger partial charge in [0, 0.05) is 12.1 Å². The summed E-state index contributed by atoms with van der Waals surface area (Å²) in [6.07, 6.45) is -0.686. The Labute approximate surface area is 103 Å². The van der Waals surface area contributed by atoms with Gasteiger partial charge < -0.3 is 4.74 Å². The number of halogens is 1. The van der Waals surface area contributed by atoms with Crippen LogP contribution in [0.2, 0.25) is 0 Å². The zero-order chi connectivity index (χ0) is 12.8. The second-order valence-corrected chi connectivity index (χ2v) is 3.58. The van der Waals surface area contributed by atoms with Crippen molar-refractivity contribution in [1.82, 2.24) is 0 Å². The van der Waals surface area contributed by atoms with Crippen LogP contribution in [-0.2, 0) is 4.74 Å². The zero-order valence-corrected chi connectivity index (χ0v) is 9.86. The molecule has 0 bridgehead atoms. The number of rotatable bonds is 4. The molecular formula is C10H11ClN2O4. The monoisotopic (exact) mass is 258 g/mol. The van der Waals surface area contributed by atoms with E-state index in [0.29, 0.717) is 11.3 Å². The molecule has 0 unspecified atom stereocenters. The lowest BCUT2D eigenvalue weighted by molar-refractivity contribution is -0.384. The Hall–Kier alpha value is -1.82. The number of amides is 1. The maximum Gasteiger partial charge on any atom is 0.411 e. The van der Waals surface area contributed by atoms with Gasteiger partial charge in [0.05, 0.1) is 16.5 Å². The first-order valence-electron chi connectivity index (χ1n) is 4.79. The van der Waals surface area contributed by atoms with E-state index in [4.69, 9.17) is 16.3 Å². The summed E-state index contributed by atoms with van der Waals surface area (Å²) in [7, 11) is 0. The number of hydrogen-bond acceptors (Lipinski definition) is 4. The molecule has 1 rings (SSSR count). The van der Waals surface area contributed by atoms with Crippen molar-refractivity contribution in [2.24, 2.45) is 0 Å². The van der Waals surface area contributed by atoms with Crippen LogP contribution in [-0.4, -0.2) is 23.5 Å². The largest absolute Gasteiger partial charge is 0.448 e. The summed E-state index contributed by atoms with van der Waals surface area (Å²) in [5, 5.41) is 13.0. The SMILES string of the molecule is Cc1ccc([N+](=O)[O-])cc1NC(=O)OCCCl. The minimum Gasteiger partial charge on any atom is -0.448 e.